The normalized spacial score (nSPS) is 14.2. The number of carbonyl (C=O) groups is 1. The highest BCUT2D eigenvalue weighted by Gasteiger charge is 2.20. The predicted octanol–water partition coefficient (Wildman–Crippen LogP) is 3.86. The van der Waals surface area contributed by atoms with Crippen LogP contribution in [-0.4, -0.2) is 37.3 Å². The Morgan fingerprint density at radius 1 is 1.18 bits per heavy atom. The van der Waals surface area contributed by atoms with Crippen molar-refractivity contribution in [3.05, 3.63) is 42.0 Å². The van der Waals surface area contributed by atoms with Crippen LogP contribution in [0, 0.1) is 0 Å². The lowest BCUT2D eigenvalue weighted by Gasteiger charge is -2.11. The van der Waals surface area contributed by atoms with E-state index in [1.807, 2.05) is 6.08 Å². The molecule has 0 saturated carbocycles. The second-order valence-corrected chi connectivity index (χ2v) is 5.51. The van der Waals surface area contributed by atoms with Crippen molar-refractivity contribution in [3.8, 4) is 0 Å². The number of benzene rings is 1. The van der Waals surface area contributed by atoms with E-state index in [1.165, 1.54) is 5.56 Å². The summed E-state index contributed by atoms with van der Waals surface area (Å²) in [6.45, 7) is 7.29. The fourth-order valence-corrected chi connectivity index (χ4v) is 2.43. The van der Waals surface area contributed by atoms with E-state index < -0.39 is 0 Å². The molecule has 1 aromatic rings. The molecule has 4 nitrogen and oxygen atoms in total. The van der Waals surface area contributed by atoms with Crippen LogP contribution in [0.1, 0.15) is 36.8 Å². The van der Waals surface area contributed by atoms with Crippen LogP contribution in [0.15, 0.2) is 30.8 Å². The van der Waals surface area contributed by atoms with E-state index in [0.717, 1.165) is 50.9 Å². The summed E-state index contributed by atoms with van der Waals surface area (Å²) < 4.78 is 10.6. The zero-order valence-corrected chi connectivity index (χ0v) is 13.1. The Labute approximate surface area is 132 Å². The molecule has 0 atom stereocenters. The fourth-order valence-electron chi connectivity index (χ4n) is 2.43. The highest BCUT2D eigenvalue weighted by molar-refractivity contribution is 5.69. The van der Waals surface area contributed by atoms with Gasteiger partial charge in [-0.25, -0.2) is 4.79 Å². The van der Waals surface area contributed by atoms with Gasteiger partial charge in [0.25, 0.3) is 0 Å². The summed E-state index contributed by atoms with van der Waals surface area (Å²) in [5.74, 6) is 0. The molecule has 1 amide bonds. The lowest BCUT2D eigenvalue weighted by atomic mass is 10.1. The number of amides is 1. The summed E-state index contributed by atoms with van der Waals surface area (Å²) in [7, 11) is 0. The van der Waals surface area contributed by atoms with Crippen molar-refractivity contribution in [1.82, 2.24) is 4.90 Å². The van der Waals surface area contributed by atoms with Gasteiger partial charge in [-0.15, -0.1) is 0 Å². The number of rotatable bonds is 10. The molecule has 1 heterocycles. The maximum atomic E-state index is 11.2. The van der Waals surface area contributed by atoms with Crippen molar-refractivity contribution in [2.75, 3.05) is 26.3 Å². The second kappa shape index (κ2) is 9.26. The van der Waals surface area contributed by atoms with Gasteiger partial charge in [0.2, 0.25) is 0 Å². The highest BCUT2D eigenvalue weighted by Crippen LogP contribution is 2.09. The predicted molar refractivity (Wildman–Crippen MR) is 87.6 cm³/mol. The van der Waals surface area contributed by atoms with E-state index in [0.29, 0.717) is 13.2 Å². The van der Waals surface area contributed by atoms with Crippen LogP contribution in [0.4, 0.5) is 4.79 Å². The lowest BCUT2D eigenvalue weighted by Crippen LogP contribution is -2.25. The van der Waals surface area contributed by atoms with Crippen molar-refractivity contribution in [3.63, 3.8) is 0 Å². The summed E-state index contributed by atoms with van der Waals surface area (Å²) in [6.07, 6.45) is 6.05. The molecule has 0 aromatic heterocycles. The molecule has 120 valence electrons. The van der Waals surface area contributed by atoms with Gasteiger partial charge in [0.15, 0.2) is 0 Å². The van der Waals surface area contributed by atoms with Gasteiger partial charge in [0.05, 0.1) is 13.2 Å². The van der Waals surface area contributed by atoms with Gasteiger partial charge in [-0.1, -0.05) is 49.8 Å². The molecule has 2 rings (SSSR count). The third kappa shape index (κ3) is 5.53. The standard InChI is InChI=1S/C18H25NO3/c1-2-16-7-9-17(10-8-16)15-21-13-6-4-3-5-11-19-12-14-22-18(19)20/h2,7-10H,1,3-6,11-15H2. The molecule has 1 aliphatic heterocycles. The molecule has 0 radical (unpaired) electrons. The van der Waals surface area contributed by atoms with Crippen molar-refractivity contribution >= 4 is 12.2 Å². The summed E-state index contributed by atoms with van der Waals surface area (Å²) >= 11 is 0. The Morgan fingerprint density at radius 3 is 2.64 bits per heavy atom. The molecular weight excluding hydrogens is 278 g/mol. The van der Waals surface area contributed by atoms with Gasteiger partial charge in [0, 0.05) is 13.2 Å². The highest BCUT2D eigenvalue weighted by atomic mass is 16.6. The quantitative estimate of drug-likeness (QED) is 0.616. The van der Waals surface area contributed by atoms with Gasteiger partial charge >= 0.3 is 6.09 Å². The van der Waals surface area contributed by atoms with Crippen molar-refractivity contribution in [2.24, 2.45) is 0 Å². The average molecular weight is 303 g/mol. The summed E-state index contributed by atoms with van der Waals surface area (Å²) in [6, 6.07) is 8.25. The summed E-state index contributed by atoms with van der Waals surface area (Å²) in [5.41, 5.74) is 2.32. The largest absolute Gasteiger partial charge is 0.448 e. The van der Waals surface area contributed by atoms with Crippen LogP contribution in [-0.2, 0) is 16.1 Å². The number of hydrogen-bond donors (Lipinski definition) is 0. The van der Waals surface area contributed by atoms with Crippen LogP contribution in [0.5, 0.6) is 0 Å². The number of unbranched alkanes of at least 4 members (excludes halogenated alkanes) is 3. The second-order valence-electron chi connectivity index (χ2n) is 5.51. The molecule has 0 aliphatic carbocycles. The third-order valence-electron chi connectivity index (χ3n) is 3.80. The first kappa shape index (κ1) is 16.6. The Hall–Kier alpha value is -1.81. The molecule has 1 saturated heterocycles. The first-order chi connectivity index (χ1) is 10.8. The molecule has 0 unspecified atom stereocenters. The van der Waals surface area contributed by atoms with Crippen molar-refractivity contribution in [1.29, 1.82) is 0 Å². The minimum atomic E-state index is -0.161. The summed E-state index contributed by atoms with van der Waals surface area (Å²) in [5, 5.41) is 0. The van der Waals surface area contributed by atoms with Crippen molar-refractivity contribution in [2.45, 2.75) is 32.3 Å². The number of cyclic esters (lactones) is 1. The zero-order chi connectivity index (χ0) is 15.6. The minimum absolute atomic E-state index is 0.161. The third-order valence-corrected chi connectivity index (χ3v) is 3.80. The van der Waals surface area contributed by atoms with Crippen LogP contribution in [0.25, 0.3) is 6.08 Å². The number of hydrogen-bond acceptors (Lipinski definition) is 3. The van der Waals surface area contributed by atoms with Gasteiger partial charge in [-0.2, -0.15) is 0 Å². The van der Waals surface area contributed by atoms with Crippen LogP contribution >= 0.6 is 0 Å². The Kier molecular flexibility index (Phi) is 6.97. The zero-order valence-electron chi connectivity index (χ0n) is 13.1. The summed E-state index contributed by atoms with van der Waals surface area (Å²) in [4.78, 5) is 13.0. The number of nitrogens with zero attached hydrogens (tertiary/aromatic N) is 1. The molecule has 1 aromatic carbocycles. The fraction of sp³-hybridized carbons (Fsp3) is 0.500. The van der Waals surface area contributed by atoms with E-state index in [1.54, 1.807) is 4.90 Å². The minimum Gasteiger partial charge on any atom is -0.448 e. The molecule has 4 heteroatoms. The molecule has 0 spiro atoms. The van der Waals surface area contributed by atoms with Crippen LogP contribution in [0.3, 0.4) is 0 Å². The van der Waals surface area contributed by atoms with Crippen LogP contribution in [0.2, 0.25) is 0 Å². The van der Waals surface area contributed by atoms with E-state index in [-0.39, 0.29) is 6.09 Å². The molecule has 1 aliphatic rings. The van der Waals surface area contributed by atoms with Crippen LogP contribution < -0.4 is 0 Å². The van der Waals surface area contributed by atoms with Gasteiger partial charge in [-0.05, 0) is 24.0 Å². The first-order valence-corrected chi connectivity index (χ1v) is 8.00. The molecular formula is C18H25NO3. The number of carbonyl (C=O) groups excluding carboxylic acids is 1. The Morgan fingerprint density at radius 2 is 1.95 bits per heavy atom. The topological polar surface area (TPSA) is 38.8 Å². The van der Waals surface area contributed by atoms with E-state index in [4.69, 9.17) is 9.47 Å². The van der Waals surface area contributed by atoms with Gasteiger partial charge < -0.3 is 14.4 Å². The van der Waals surface area contributed by atoms with E-state index in [2.05, 4.69) is 30.8 Å². The van der Waals surface area contributed by atoms with Gasteiger partial charge in [0.1, 0.15) is 6.61 Å². The maximum absolute atomic E-state index is 11.2. The first-order valence-electron chi connectivity index (χ1n) is 8.00. The molecule has 22 heavy (non-hydrogen) atoms. The SMILES string of the molecule is C=Cc1ccc(COCCCCCCN2CCOC2=O)cc1. The van der Waals surface area contributed by atoms with E-state index in [9.17, 15) is 4.79 Å². The molecule has 0 bridgehead atoms. The monoisotopic (exact) mass is 303 g/mol. The van der Waals surface area contributed by atoms with E-state index >= 15 is 0 Å². The average Bonchev–Trinajstić information content (AvgIpc) is 2.96. The molecule has 1 fully saturated rings. The number of ether oxygens (including phenoxy) is 2. The Balaban J connectivity index is 1.45. The van der Waals surface area contributed by atoms with Gasteiger partial charge in [-0.3, -0.25) is 0 Å². The smallest absolute Gasteiger partial charge is 0.409 e. The lowest BCUT2D eigenvalue weighted by molar-refractivity contribution is 0.116. The Bertz CT molecular complexity index is 470. The molecule has 0 N–H and O–H groups in total. The maximum Gasteiger partial charge on any atom is 0.409 e. The van der Waals surface area contributed by atoms with Crippen molar-refractivity contribution < 1.29 is 14.3 Å².